The number of aromatic nitrogens is 4. The first kappa shape index (κ1) is 33.9. The van der Waals surface area contributed by atoms with Crippen molar-refractivity contribution in [1.82, 2.24) is 24.3 Å². The van der Waals surface area contributed by atoms with Gasteiger partial charge in [-0.2, -0.15) is 17.5 Å². The molecule has 0 N–H and O–H groups in total. The first-order chi connectivity index (χ1) is 23.8. The van der Waals surface area contributed by atoms with Gasteiger partial charge in [0, 0.05) is 44.8 Å². The number of nitrogens with zero attached hydrogens (tertiary/aromatic N) is 6. The Morgan fingerprint density at radius 1 is 1.06 bits per heavy atom. The van der Waals surface area contributed by atoms with Crippen LogP contribution in [0.4, 0.5) is 19.0 Å². The van der Waals surface area contributed by atoms with Gasteiger partial charge in [-0.3, -0.25) is 4.79 Å². The van der Waals surface area contributed by atoms with Crippen molar-refractivity contribution < 1.29 is 40.7 Å². The van der Waals surface area contributed by atoms with Gasteiger partial charge in [0.15, 0.2) is 0 Å². The van der Waals surface area contributed by atoms with Crippen LogP contribution in [0.25, 0.3) is 11.0 Å². The number of anilines is 1. The van der Waals surface area contributed by atoms with Gasteiger partial charge < -0.3 is 14.4 Å². The zero-order chi connectivity index (χ0) is 35.4. The lowest BCUT2D eigenvalue weighted by Crippen LogP contribution is -2.45. The van der Waals surface area contributed by atoms with Crippen molar-refractivity contribution in [3.63, 3.8) is 0 Å². The number of fused-ring (bicyclic) bond motifs is 4. The highest BCUT2D eigenvalue weighted by atomic mass is 32.2. The third-order valence-electron chi connectivity index (χ3n) is 9.52. The second-order valence-corrected chi connectivity index (χ2v) is 15.0. The fraction of sp³-hybridized carbons (Fsp3) is 0.441. The Morgan fingerprint density at radius 2 is 1.86 bits per heavy atom. The first-order valence-electron chi connectivity index (χ1n) is 16.4. The van der Waals surface area contributed by atoms with Crippen LogP contribution in [0, 0.1) is 6.92 Å². The molecule has 7 rings (SSSR count). The minimum absolute atomic E-state index is 0.00362. The first-order valence-corrected chi connectivity index (χ1v) is 17.9. The normalized spacial score (nSPS) is 19.7. The topological polar surface area (TPSA) is 137 Å². The quantitative estimate of drug-likeness (QED) is 0.183. The molecule has 4 aromatic rings. The summed E-state index contributed by atoms with van der Waals surface area (Å²) in [5, 5.41) is 8.32. The summed E-state index contributed by atoms with van der Waals surface area (Å²) in [4.78, 5) is 31.2. The molecule has 4 heterocycles. The van der Waals surface area contributed by atoms with Crippen molar-refractivity contribution in [3.8, 4) is 5.75 Å². The van der Waals surface area contributed by atoms with E-state index in [4.69, 9.17) is 4.74 Å². The number of benzene rings is 2. The van der Waals surface area contributed by atoms with Gasteiger partial charge in [-0.15, -0.1) is 5.10 Å². The summed E-state index contributed by atoms with van der Waals surface area (Å²) in [6, 6.07) is 11.7. The van der Waals surface area contributed by atoms with Crippen LogP contribution in [0.3, 0.4) is 0 Å². The Balaban J connectivity index is 1.28. The predicted molar refractivity (Wildman–Crippen MR) is 174 cm³/mol. The maximum Gasteiger partial charge on any atom is 0.491 e. The van der Waals surface area contributed by atoms with Crippen molar-refractivity contribution in [2.45, 2.75) is 81.1 Å². The van der Waals surface area contributed by atoms with Crippen LogP contribution in [0.1, 0.15) is 66.7 Å². The number of piperidine rings is 1. The molecule has 2 atom stereocenters. The lowest BCUT2D eigenvalue weighted by Gasteiger charge is -2.36. The third-order valence-corrected chi connectivity index (χ3v) is 11.4. The van der Waals surface area contributed by atoms with Gasteiger partial charge in [0.05, 0.1) is 12.5 Å². The molecule has 1 aliphatic carbocycles. The van der Waals surface area contributed by atoms with Gasteiger partial charge >= 0.3 is 18.1 Å². The van der Waals surface area contributed by atoms with Gasteiger partial charge in [-0.25, -0.2) is 22.9 Å². The summed E-state index contributed by atoms with van der Waals surface area (Å²) >= 11 is 0. The summed E-state index contributed by atoms with van der Waals surface area (Å²) in [5.74, 6) is -4.01. The minimum atomic E-state index is -5.35. The van der Waals surface area contributed by atoms with Crippen LogP contribution in [-0.2, 0) is 37.9 Å². The zero-order valence-corrected chi connectivity index (χ0v) is 28.2. The average molecular weight is 713 g/mol. The van der Waals surface area contributed by atoms with E-state index in [1.54, 1.807) is 60.4 Å². The van der Waals surface area contributed by atoms with Crippen LogP contribution in [0.5, 0.6) is 5.75 Å². The van der Waals surface area contributed by atoms with Gasteiger partial charge in [-0.05, 0) is 85.5 Å². The van der Waals surface area contributed by atoms with E-state index in [0.717, 1.165) is 37.7 Å². The summed E-state index contributed by atoms with van der Waals surface area (Å²) in [6.45, 7) is 2.78. The third kappa shape index (κ3) is 6.65. The molecule has 3 aliphatic rings. The van der Waals surface area contributed by atoms with Crippen molar-refractivity contribution in [1.29, 1.82) is 0 Å². The summed E-state index contributed by atoms with van der Waals surface area (Å²) in [7, 11) is -2.28. The molecule has 264 valence electrons. The molecule has 2 aliphatic heterocycles. The number of pyridine rings is 1. The standard InChI is InChI=1S/C34H35F3N6O6S/c1-20-8-9-21(14-23(20)18-42-19-24-6-3-4-13-43(24)32-29(50(42,46)47)7-5-12-38-32)26(17-30(44)49-33(45)34(35,36)37)22-15-27-31(41(2)40-39-27)28(16-22)48-25-10-11-25/h5,7-9,12,14-16,24-26H,3-4,6,10-11,13,17-19H2,1-2H3/t24-,26?/m1/s1. The van der Waals surface area contributed by atoms with Crippen LogP contribution < -0.4 is 9.64 Å². The van der Waals surface area contributed by atoms with E-state index in [-0.39, 0.29) is 30.1 Å². The Labute approximate surface area is 286 Å². The van der Waals surface area contributed by atoms with E-state index in [1.807, 2.05) is 6.92 Å². The second kappa shape index (κ2) is 13.0. The predicted octanol–water partition coefficient (Wildman–Crippen LogP) is 4.93. The number of carbonyl (C=O) groups is 2. The molecule has 1 saturated carbocycles. The van der Waals surface area contributed by atoms with Crippen molar-refractivity contribution in [3.05, 3.63) is 70.9 Å². The fourth-order valence-corrected chi connectivity index (χ4v) is 8.40. The van der Waals surface area contributed by atoms with Crippen LogP contribution in [-0.4, -0.2) is 76.1 Å². The van der Waals surface area contributed by atoms with Gasteiger partial charge in [0.1, 0.15) is 27.5 Å². The van der Waals surface area contributed by atoms with Gasteiger partial charge in [0.2, 0.25) is 10.0 Å². The molecule has 2 aromatic heterocycles. The molecule has 0 spiro atoms. The Kier molecular flexibility index (Phi) is 8.78. The molecular weight excluding hydrogens is 677 g/mol. The second-order valence-electron chi connectivity index (χ2n) is 13.1. The maximum atomic E-state index is 14.2. The van der Waals surface area contributed by atoms with Crippen molar-refractivity contribution in [2.75, 3.05) is 18.0 Å². The van der Waals surface area contributed by atoms with E-state index in [9.17, 15) is 31.2 Å². The highest BCUT2D eigenvalue weighted by Crippen LogP contribution is 2.39. The molecule has 50 heavy (non-hydrogen) atoms. The number of aryl methyl sites for hydroxylation is 2. The minimum Gasteiger partial charge on any atom is -0.488 e. The molecule has 1 unspecified atom stereocenters. The van der Waals surface area contributed by atoms with Crippen LogP contribution in [0.2, 0.25) is 0 Å². The summed E-state index contributed by atoms with van der Waals surface area (Å²) < 4.78 is 80.8. The Bertz CT molecular complexity index is 2080. The maximum absolute atomic E-state index is 14.2. The molecule has 0 radical (unpaired) electrons. The number of carbonyl (C=O) groups excluding carboxylic acids is 2. The van der Waals surface area contributed by atoms with E-state index >= 15 is 0 Å². The van der Waals surface area contributed by atoms with Crippen molar-refractivity contribution >= 4 is 38.8 Å². The number of esters is 2. The van der Waals surface area contributed by atoms with E-state index in [2.05, 4.69) is 24.9 Å². The Hall–Kier alpha value is -4.57. The van der Waals surface area contributed by atoms with E-state index < -0.39 is 40.5 Å². The average Bonchev–Trinajstić information content (AvgIpc) is 3.83. The van der Waals surface area contributed by atoms with Crippen LogP contribution in [0.15, 0.2) is 53.6 Å². The smallest absolute Gasteiger partial charge is 0.488 e. The number of alkyl halides is 3. The fourth-order valence-electron chi connectivity index (χ4n) is 6.79. The lowest BCUT2D eigenvalue weighted by molar-refractivity contribution is -0.201. The molecule has 1 saturated heterocycles. The summed E-state index contributed by atoms with van der Waals surface area (Å²) in [6.07, 6.45) is -0.00256. The van der Waals surface area contributed by atoms with Crippen molar-refractivity contribution in [2.24, 2.45) is 7.05 Å². The van der Waals surface area contributed by atoms with Crippen LogP contribution >= 0.6 is 0 Å². The monoisotopic (exact) mass is 712 g/mol. The molecule has 0 amide bonds. The number of hydrogen-bond acceptors (Lipinski definition) is 10. The molecule has 2 fully saturated rings. The van der Waals surface area contributed by atoms with Gasteiger partial charge in [0.25, 0.3) is 0 Å². The largest absolute Gasteiger partial charge is 0.491 e. The molecule has 2 aromatic carbocycles. The highest BCUT2D eigenvalue weighted by molar-refractivity contribution is 7.89. The number of sulfonamides is 1. The SMILES string of the molecule is Cc1ccc(C(CC(=O)OC(=O)C(F)(F)F)c2cc(OC3CC3)c3c(c2)nnn3C)cc1CN1C[C@H]2CCCCN2c2ncccc2S1(=O)=O. The Morgan fingerprint density at radius 3 is 2.62 bits per heavy atom. The molecular formula is C34H35F3N6O6S. The lowest BCUT2D eigenvalue weighted by atomic mass is 9.86. The summed E-state index contributed by atoms with van der Waals surface area (Å²) in [5.41, 5.74) is 3.43. The number of halogens is 3. The highest BCUT2D eigenvalue weighted by Gasteiger charge is 2.43. The number of hydrogen-bond donors (Lipinski definition) is 0. The molecule has 12 nitrogen and oxygen atoms in total. The van der Waals surface area contributed by atoms with Gasteiger partial charge in [-0.1, -0.05) is 23.4 Å². The zero-order valence-electron chi connectivity index (χ0n) is 27.4. The molecule has 0 bridgehead atoms. The number of ether oxygens (including phenoxy) is 2. The number of rotatable bonds is 8. The molecule has 16 heteroatoms. The van der Waals surface area contributed by atoms with E-state index in [1.165, 1.54) is 4.31 Å². The van der Waals surface area contributed by atoms with E-state index in [0.29, 0.717) is 45.8 Å².